The van der Waals surface area contributed by atoms with Crippen molar-refractivity contribution in [1.82, 2.24) is 5.32 Å². The van der Waals surface area contributed by atoms with E-state index in [0.717, 1.165) is 0 Å². The second-order valence-corrected chi connectivity index (χ2v) is 3.59. The van der Waals surface area contributed by atoms with Crippen LogP contribution in [0.1, 0.15) is 6.92 Å². The second-order valence-electron chi connectivity index (χ2n) is 3.15. The van der Waals surface area contributed by atoms with Crippen LogP contribution in [0.15, 0.2) is 24.3 Å². The van der Waals surface area contributed by atoms with Crippen molar-refractivity contribution in [2.45, 2.75) is 13.0 Å². The lowest BCUT2D eigenvalue weighted by Gasteiger charge is -2.08. The van der Waals surface area contributed by atoms with E-state index in [1.807, 2.05) is 0 Å². The van der Waals surface area contributed by atoms with Crippen LogP contribution in [0, 0.1) is 0 Å². The van der Waals surface area contributed by atoms with Crippen molar-refractivity contribution in [2.75, 3.05) is 6.61 Å². The van der Waals surface area contributed by atoms with Gasteiger partial charge in [0.2, 0.25) is 6.29 Å². The van der Waals surface area contributed by atoms with Gasteiger partial charge in [0.1, 0.15) is 5.75 Å². The molecule has 0 spiro atoms. The van der Waals surface area contributed by atoms with Gasteiger partial charge < -0.3 is 10.1 Å². The Kier molecular flexibility index (Phi) is 4.79. The van der Waals surface area contributed by atoms with Crippen molar-refractivity contribution >= 4 is 23.8 Å². The number of nitrogens with one attached hydrogen (secondary N) is 1. The smallest absolute Gasteiger partial charge is 0.258 e. The van der Waals surface area contributed by atoms with Gasteiger partial charge in [-0.25, -0.2) is 0 Å². The fourth-order valence-electron chi connectivity index (χ4n) is 0.992. The van der Waals surface area contributed by atoms with Crippen LogP contribution >= 0.6 is 11.6 Å². The maximum atomic E-state index is 11.2. The molecule has 1 aromatic carbocycles. The molecule has 1 radical (unpaired) electrons. The topological polar surface area (TPSA) is 55.4 Å². The van der Waals surface area contributed by atoms with E-state index < -0.39 is 6.04 Å². The summed E-state index contributed by atoms with van der Waals surface area (Å²) in [6, 6.07) is 6.02. The van der Waals surface area contributed by atoms with Crippen LogP contribution in [0.3, 0.4) is 0 Å². The molecule has 0 aliphatic heterocycles. The third-order valence-electron chi connectivity index (χ3n) is 1.74. The molecule has 4 nitrogen and oxygen atoms in total. The normalized spacial score (nSPS) is 11.6. The fraction of sp³-hybridized carbons (Fsp3) is 0.273. The van der Waals surface area contributed by atoms with Gasteiger partial charge >= 0.3 is 0 Å². The lowest BCUT2D eigenvalue weighted by molar-refractivity contribution is -0.123. The van der Waals surface area contributed by atoms with Crippen LogP contribution in [0.25, 0.3) is 0 Å². The van der Waals surface area contributed by atoms with E-state index in [9.17, 15) is 9.59 Å². The van der Waals surface area contributed by atoms with E-state index >= 15 is 0 Å². The summed E-state index contributed by atoms with van der Waals surface area (Å²) in [5.74, 6) is 0.174. The number of halogens is 1. The van der Waals surface area contributed by atoms with E-state index in [4.69, 9.17) is 16.3 Å². The Labute approximate surface area is 98.5 Å². The van der Waals surface area contributed by atoms with E-state index in [2.05, 4.69) is 5.32 Å². The average molecular weight is 241 g/mol. The summed E-state index contributed by atoms with van der Waals surface area (Å²) in [6.45, 7) is 1.39. The number of rotatable bonds is 5. The first-order chi connectivity index (χ1) is 7.61. The summed E-state index contributed by atoms with van der Waals surface area (Å²) < 4.78 is 5.17. The number of amides is 1. The monoisotopic (exact) mass is 240 g/mol. The molecule has 0 bridgehead atoms. The number of hydrogen-bond donors (Lipinski definition) is 1. The molecule has 1 amide bonds. The minimum absolute atomic E-state index is 0.145. The van der Waals surface area contributed by atoms with Gasteiger partial charge in [0.05, 0.1) is 6.04 Å². The van der Waals surface area contributed by atoms with E-state index in [1.54, 1.807) is 30.6 Å². The largest absolute Gasteiger partial charge is 0.484 e. The van der Waals surface area contributed by atoms with Crippen LogP contribution in [-0.2, 0) is 9.59 Å². The Balaban J connectivity index is 2.37. The molecule has 16 heavy (non-hydrogen) atoms. The molecule has 1 atom stereocenters. The molecule has 5 heteroatoms. The van der Waals surface area contributed by atoms with E-state index in [-0.39, 0.29) is 12.5 Å². The molecule has 0 saturated heterocycles. The highest BCUT2D eigenvalue weighted by Gasteiger charge is 2.07. The lowest BCUT2D eigenvalue weighted by Crippen LogP contribution is -2.36. The number of carbonyl (C=O) groups is 1. The zero-order valence-electron chi connectivity index (χ0n) is 8.70. The highest BCUT2D eigenvalue weighted by atomic mass is 35.5. The van der Waals surface area contributed by atoms with Gasteiger partial charge in [-0.15, -0.1) is 0 Å². The van der Waals surface area contributed by atoms with Crippen molar-refractivity contribution in [3.63, 3.8) is 0 Å². The maximum absolute atomic E-state index is 11.2. The third-order valence-corrected chi connectivity index (χ3v) is 1.99. The molecule has 0 aliphatic carbocycles. The molecule has 0 aromatic heterocycles. The van der Waals surface area contributed by atoms with Crippen molar-refractivity contribution < 1.29 is 14.3 Å². The first-order valence-electron chi connectivity index (χ1n) is 4.67. The molecular weight excluding hydrogens is 230 g/mol. The van der Waals surface area contributed by atoms with Crippen LogP contribution in [0.4, 0.5) is 0 Å². The van der Waals surface area contributed by atoms with Gasteiger partial charge in [0, 0.05) is 5.02 Å². The van der Waals surface area contributed by atoms with Crippen LogP contribution in [-0.4, -0.2) is 24.8 Å². The van der Waals surface area contributed by atoms with Gasteiger partial charge in [0.25, 0.3) is 5.91 Å². The van der Waals surface area contributed by atoms with Crippen LogP contribution in [0.2, 0.25) is 5.02 Å². The van der Waals surface area contributed by atoms with E-state index in [0.29, 0.717) is 10.8 Å². The standard InChI is InChI=1S/C11H11ClNO3/c1-8(6-14)13-11(15)7-16-10-4-2-9(12)3-5-10/h2-5,8H,7H2,1H3,(H,13,15)/t8-/m0/s1. The summed E-state index contributed by atoms with van der Waals surface area (Å²) >= 11 is 5.68. The Morgan fingerprint density at radius 1 is 1.50 bits per heavy atom. The molecule has 1 rings (SSSR count). The van der Waals surface area contributed by atoms with Crippen molar-refractivity contribution in [2.24, 2.45) is 0 Å². The Morgan fingerprint density at radius 3 is 2.69 bits per heavy atom. The van der Waals surface area contributed by atoms with E-state index in [1.165, 1.54) is 6.92 Å². The first-order valence-corrected chi connectivity index (χ1v) is 5.05. The SMILES string of the molecule is C[C@@H]([C]=O)NC(=O)COc1ccc(Cl)cc1. The summed E-state index contributed by atoms with van der Waals surface area (Å²) in [5.41, 5.74) is 0. The zero-order chi connectivity index (χ0) is 12.0. The molecule has 1 aromatic rings. The quantitative estimate of drug-likeness (QED) is 0.845. The highest BCUT2D eigenvalue weighted by molar-refractivity contribution is 6.30. The molecule has 0 heterocycles. The van der Waals surface area contributed by atoms with Crippen LogP contribution in [0.5, 0.6) is 5.75 Å². The summed E-state index contributed by atoms with van der Waals surface area (Å²) in [6.07, 6.45) is 1.65. The van der Waals surface area contributed by atoms with Gasteiger partial charge in [0.15, 0.2) is 6.61 Å². The lowest BCUT2D eigenvalue weighted by atomic mass is 10.3. The van der Waals surface area contributed by atoms with Crippen molar-refractivity contribution in [1.29, 1.82) is 0 Å². The fourth-order valence-corrected chi connectivity index (χ4v) is 1.12. The molecule has 0 aliphatic rings. The predicted octanol–water partition coefficient (Wildman–Crippen LogP) is 1.33. The second kappa shape index (κ2) is 6.12. The van der Waals surface area contributed by atoms with Gasteiger partial charge in [-0.3, -0.25) is 9.59 Å². The zero-order valence-corrected chi connectivity index (χ0v) is 9.45. The van der Waals surface area contributed by atoms with Crippen molar-refractivity contribution in [3.05, 3.63) is 29.3 Å². The summed E-state index contributed by atoms with van der Waals surface area (Å²) in [7, 11) is 0. The minimum Gasteiger partial charge on any atom is -0.484 e. The average Bonchev–Trinajstić information content (AvgIpc) is 2.28. The molecule has 85 valence electrons. The van der Waals surface area contributed by atoms with Gasteiger partial charge in [-0.1, -0.05) is 11.6 Å². The molecule has 0 saturated carbocycles. The Morgan fingerprint density at radius 2 is 2.12 bits per heavy atom. The summed E-state index contributed by atoms with van der Waals surface area (Å²) in [4.78, 5) is 21.4. The number of ether oxygens (including phenoxy) is 1. The number of carbonyl (C=O) groups excluding carboxylic acids is 2. The van der Waals surface area contributed by atoms with Crippen molar-refractivity contribution in [3.8, 4) is 5.75 Å². The highest BCUT2D eigenvalue weighted by Crippen LogP contribution is 2.15. The maximum Gasteiger partial charge on any atom is 0.258 e. The minimum atomic E-state index is -0.624. The van der Waals surface area contributed by atoms with Gasteiger partial charge in [-0.05, 0) is 31.2 Å². The van der Waals surface area contributed by atoms with Gasteiger partial charge in [-0.2, -0.15) is 0 Å². The van der Waals surface area contributed by atoms with Crippen LogP contribution < -0.4 is 10.1 Å². The first kappa shape index (κ1) is 12.5. The Bertz CT molecular complexity index is 364. The predicted molar refractivity (Wildman–Crippen MR) is 60.2 cm³/mol. The Hall–Kier alpha value is -1.55. The number of benzene rings is 1. The summed E-state index contributed by atoms with van der Waals surface area (Å²) in [5, 5.41) is 3.00. The molecule has 0 unspecified atom stereocenters. The molecular formula is C11H11ClNO3. The molecule has 1 N–H and O–H groups in total. The third kappa shape index (κ3) is 4.31. The number of hydrogen-bond acceptors (Lipinski definition) is 3. The molecule has 0 fully saturated rings.